The molecule has 0 radical (unpaired) electrons. The summed E-state index contributed by atoms with van der Waals surface area (Å²) >= 11 is 0. The Morgan fingerprint density at radius 3 is 1.13 bits per heavy atom. The number of hydrogen-bond acceptors (Lipinski definition) is 6. The molecule has 9 nitrogen and oxygen atoms in total. The maximum atomic E-state index is 13.6. The van der Waals surface area contributed by atoms with Crippen LogP contribution < -0.4 is 5.32 Å². The second-order valence-corrected chi connectivity index (χ2v) is 26.5. The number of ether oxygens (including phenoxy) is 1. The third-order valence-corrected chi connectivity index (χ3v) is 16.4. The zero-order chi connectivity index (χ0) is 63.5. The molecule has 0 rings (SSSR count). The third kappa shape index (κ3) is 66.7. The Bertz CT molecular complexity index is 1900. The van der Waals surface area contributed by atoms with Crippen LogP contribution >= 0.6 is 7.82 Å². The minimum absolute atomic E-state index is 0.0311. The smallest absolute Gasteiger partial charge is 0.456 e. The minimum Gasteiger partial charge on any atom is -0.456 e. The van der Waals surface area contributed by atoms with Gasteiger partial charge in [-0.1, -0.05) is 290 Å². The lowest BCUT2D eigenvalue weighted by atomic mass is 10.0. The highest BCUT2D eigenvalue weighted by molar-refractivity contribution is 7.47. The molecule has 0 aromatic rings. The lowest BCUT2D eigenvalue weighted by molar-refractivity contribution is -0.870. The van der Waals surface area contributed by atoms with Crippen LogP contribution in [0.15, 0.2) is 122 Å². The fourth-order valence-corrected chi connectivity index (χ4v) is 10.6. The van der Waals surface area contributed by atoms with Crippen molar-refractivity contribution in [2.24, 2.45) is 0 Å². The van der Waals surface area contributed by atoms with E-state index in [-0.39, 0.29) is 31.5 Å². The van der Waals surface area contributed by atoms with Crippen molar-refractivity contribution in [2.75, 3.05) is 40.9 Å². The molecule has 0 saturated carbocycles. The van der Waals surface area contributed by atoms with Crippen LogP contribution in [0.5, 0.6) is 0 Å². The number of unbranched alkanes of at least 4 members (excludes halogenated alkanes) is 30. The topological polar surface area (TPSA) is 111 Å². The second-order valence-electron chi connectivity index (χ2n) is 25.0. The van der Waals surface area contributed by atoms with E-state index in [1.54, 1.807) is 0 Å². The molecule has 0 aromatic heterocycles. The predicted octanol–water partition coefficient (Wildman–Crippen LogP) is 23.0. The number of amides is 1. The van der Waals surface area contributed by atoms with Gasteiger partial charge in [-0.05, 0) is 122 Å². The van der Waals surface area contributed by atoms with Crippen molar-refractivity contribution in [1.82, 2.24) is 5.32 Å². The van der Waals surface area contributed by atoms with Crippen molar-refractivity contribution < 1.29 is 37.3 Å². The lowest BCUT2D eigenvalue weighted by Gasteiger charge is -2.27. The number of phosphoric ester groups is 1. The Hall–Kier alpha value is -3.59. The van der Waals surface area contributed by atoms with Crippen LogP contribution in [0.4, 0.5) is 0 Å². The standard InChI is InChI=1S/C77H135N2O7P/c1-7-10-13-16-19-22-25-27-29-31-33-35-37-39-41-43-45-47-49-51-54-57-60-63-66-69-76(80)78-74(73-85-87(82,83)84-72-71-79(4,5)6)75(68-65-62-59-56-53-24-21-18-15-12-9-3)86-77(81)70-67-64-61-58-55-52-50-48-46-44-42-40-38-36-34-32-30-28-26-23-20-17-14-11-8-2/h10,13,19-20,22-23,27-30,33-36,39,41,45,47,65,68,74-75H,7-9,11-12,14-18,21,24-26,31-32,37-38,40,42-44,46,48-64,66-67,69-73H2,1-6H3,(H-,78,80,82,83)/p+1/b13-10-,22-19-,23-20-,29-27-,30-28-,35-33-,36-34-,41-39-,47-45-,68-65+. The highest BCUT2D eigenvalue weighted by Crippen LogP contribution is 2.43. The van der Waals surface area contributed by atoms with Gasteiger partial charge in [0.2, 0.25) is 5.91 Å². The first-order chi connectivity index (χ1) is 42.4. The number of carbonyl (C=O) groups excluding carboxylic acids is 2. The number of esters is 1. The first kappa shape index (κ1) is 83.4. The molecule has 0 heterocycles. The van der Waals surface area contributed by atoms with Crippen molar-refractivity contribution in [3.63, 3.8) is 0 Å². The summed E-state index contributed by atoms with van der Waals surface area (Å²) in [7, 11) is 1.47. The monoisotopic (exact) mass is 1230 g/mol. The number of rotatable bonds is 64. The van der Waals surface area contributed by atoms with Gasteiger partial charge in [0.15, 0.2) is 0 Å². The van der Waals surface area contributed by atoms with E-state index in [4.69, 9.17) is 13.8 Å². The van der Waals surface area contributed by atoms with E-state index in [2.05, 4.69) is 135 Å². The second kappa shape index (κ2) is 65.4. The lowest BCUT2D eigenvalue weighted by Crippen LogP contribution is -2.47. The number of nitrogens with one attached hydrogen (secondary N) is 1. The van der Waals surface area contributed by atoms with Crippen molar-refractivity contribution in [2.45, 2.75) is 315 Å². The molecule has 3 unspecified atom stereocenters. The average molecular weight is 1230 g/mol. The molecule has 3 atom stereocenters. The summed E-state index contributed by atoms with van der Waals surface area (Å²) in [5.74, 6) is -0.526. The van der Waals surface area contributed by atoms with E-state index in [1.807, 2.05) is 33.3 Å². The van der Waals surface area contributed by atoms with Crippen LogP contribution in [0.25, 0.3) is 0 Å². The first-order valence-corrected chi connectivity index (χ1v) is 37.4. The molecule has 10 heteroatoms. The van der Waals surface area contributed by atoms with Crippen LogP contribution in [0, 0.1) is 0 Å². The number of allylic oxidation sites excluding steroid dienone is 19. The van der Waals surface area contributed by atoms with Gasteiger partial charge in [-0.25, -0.2) is 4.57 Å². The van der Waals surface area contributed by atoms with Gasteiger partial charge in [-0.15, -0.1) is 0 Å². The predicted molar refractivity (Wildman–Crippen MR) is 378 cm³/mol. The third-order valence-electron chi connectivity index (χ3n) is 15.4. The minimum atomic E-state index is -4.47. The highest BCUT2D eigenvalue weighted by atomic mass is 31.2. The molecule has 0 bridgehead atoms. The van der Waals surface area contributed by atoms with Crippen molar-refractivity contribution >= 4 is 19.7 Å². The fraction of sp³-hybridized carbons (Fsp3) is 0.714. The summed E-state index contributed by atoms with van der Waals surface area (Å²) in [6.45, 7) is 6.86. The van der Waals surface area contributed by atoms with Crippen molar-refractivity contribution in [3.8, 4) is 0 Å². The van der Waals surface area contributed by atoms with Crippen molar-refractivity contribution in [3.05, 3.63) is 122 Å². The highest BCUT2D eigenvalue weighted by Gasteiger charge is 2.30. The summed E-state index contributed by atoms with van der Waals surface area (Å²) in [5, 5.41) is 3.06. The molecule has 1 amide bonds. The van der Waals surface area contributed by atoms with E-state index >= 15 is 0 Å². The molecule has 0 fully saturated rings. The Kier molecular flexibility index (Phi) is 62.7. The van der Waals surface area contributed by atoms with E-state index in [1.165, 1.54) is 135 Å². The van der Waals surface area contributed by atoms with Gasteiger partial charge in [0, 0.05) is 12.8 Å². The summed E-state index contributed by atoms with van der Waals surface area (Å²) in [6, 6.07) is -0.866. The molecule has 87 heavy (non-hydrogen) atoms. The van der Waals surface area contributed by atoms with E-state index in [0.717, 1.165) is 135 Å². The molecular formula is C77H136N2O7P+. The van der Waals surface area contributed by atoms with Gasteiger partial charge in [0.05, 0.1) is 33.8 Å². The largest absolute Gasteiger partial charge is 0.472 e. The number of nitrogens with zero attached hydrogens (tertiary/aromatic N) is 1. The Morgan fingerprint density at radius 2 is 0.736 bits per heavy atom. The van der Waals surface area contributed by atoms with Crippen LogP contribution in [0.3, 0.4) is 0 Å². The number of hydrogen-bond donors (Lipinski definition) is 2. The summed E-state index contributed by atoms with van der Waals surface area (Å²) in [5.41, 5.74) is 0. The van der Waals surface area contributed by atoms with Crippen molar-refractivity contribution in [1.29, 1.82) is 0 Å². The normalized spacial score (nSPS) is 14.2. The van der Waals surface area contributed by atoms with Gasteiger partial charge in [0.1, 0.15) is 19.3 Å². The van der Waals surface area contributed by atoms with Gasteiger partial charge in [-0.2, -0.15) is 0 Å². The SMILES string of the molecule is CC/C=C\C/C=C\C/C=C\C/C=C\C/C=C\C/C=C\CCCCCCCCC(=O)NC(COP(=O)(O)OCC[N+](C)(C)C)C(/C=C/CCCCCCCCCCC)OC(=O)CCCCCCCCCCCCCC/C=C\C/C=C\C/C=C\CCCCC. The molecule has 0 aliphatic carbocycles. The molecule has 0 aliphatic rings. The molecule has 0 aliphatic heterocycles. The Balaban J connectivity index is 5.07. The summed E-state index contributed by atoms with van der Waals surface area (Å²) in [4.78, 5) is 37.9. The first-order valence-electron chi connectivity index (χ1n) is 35.9. The van der Waals surface area contributed by atoms with E-state index < -0.39 is 20.0 Å². The zero-order valence-corrected chi connectivity index (χ0v) is 58.1. The molecule has 0 aromatic carbocycles. The van der Waals surface area contributed by atoms with E-state index in [0.29, 0.717) is 17.4 Å². The van der Waals surface area contributed by atoms with Crippen LogP contribution in [0.1, 0.15) is 303 Å². The zero-order valence-electron chi connectivity index (χ0n) is 57.2. The number of quaternary nitrogens is 1. The maximum Gasteiger partial charge on any atom is 0.472 e. The molecule has 2 N–H and O–H groups in total. The quantitative estimate of drug-likeness (QED) is 0.0205. The maximum absolute atomic E-state index is 13.6. The molecule has 0 saturated heterocycles. The Morgan fingerprint density at radius 1 is 0.414 bits per heavy atom. The van der Waals surface area contributed by atoms with Crippen LogP contribution in [0.2, 0.25) is 0 Å². The number of carbonyl (C=O) groups is 2. The number of phosphoric acid groups is 1. The van der Waals surface area contributed by atoms with E-state index in [9.17, 15) is 19.0 Å². The average Bonchev–Trinajstić information content (AvgIpc) is 3.70. The molecule has 500 valence electrons. The van der Waals surface area contributed by atoms with Crippen LogP contribution in [-0.4, -0.2) is 74.3 Å². The van der Waals surface area contributed by atoms with Gasteiger partial charge in [0.25, 0.3) is 0 Å². The van der Waals surface area contributed by atoms with Gasteiger partial charge >= 0.3 is 13.8 Å². The summed E-state index contributed by atoms with van der Waals surface area (Å²) in [6.07, 6.45) is 92.1. The Labute approximate surface area is 537 Å². The summed E-state index contributed by atoms with van der Waals surface area (Å²) < 4.78 is 30.8. The van der Waals surface area contributed by atoms with Crippen LogP contribution in [-0.2, 0) is 27.9 Å². The number of likely N-dealkylation sites (N-methyl/N-ethyl adjacent to an activating group) is 1. The van der Waals surface area contributed by atoms with Gasteiger partial charge in [-0.3, -0.25) is 18.6 Å². The molecule has 0 spiro atoms. The molecular weight excluding hydrogens is 1100 g/mol. The fourth-order valence-electron chi connectivity index (χ4n) is 9.89. The van der Waals surface area contributed by atoms with Gasteiger partial charge < -0.3 is 19.4 Å².